The van der Waals surface area contributed by atoms with Gasteiger partial charge in [0, 0.05) is 0 Å². The van der Waals surface area contributed by atoms with Crippen LogP contribution in [-0.4, -0.2) is 10.2 Å². The standard InChI is InChI=1S/C15H19Cl2NO/c1-9-5-6-10(2)12(7-9)11(3)18-13(19)14(4)8-15(14,16)17/h5-7,11H,8H2,1-4H3,(H,18,19). The molecule has 0 spiro atoms. The van der Waals surface area contributed by atoms with Gasteiger partial charge in [0.15, 0.2) is 0 Å². The van der Waals surface area contributed by atoms with E-state index in [0.29, 0.717) is 6.42 Å². The number of rotatable bonds is 3. The van der Waals surface area contributed by atoms with Gasteiger partial charge in [-0.2, -0.15) is 0 Å². The quantitative estimate of drug-likeness (QED) is 0.838. The Balaban J connectivity index is 2.12. The maximum Gasteiger partial charge on any atom is 0.229 e. The molecular weight excluding hydrogens is 281 g/mol. The Morgan fingerprint density at radius 2 is 1.95 bits per heavy atom. The van der Waals surface area contributed by atoms with Crippen LogP contribution in [0.2, 0.25) is 0 Å². The molecular formula is C15H19Cl2NO. The molecule has 0 heterocycles. The van der Waals surface area contributed by atoms with E-state index in [2.05, 4.69) is 23.5 Å². The van der Waals surface area contributed by atoms with Crippen LogP contribution in [0.15, 0.2) is 18.2 Å². The van der Waals surface area contributed by atoms with Crippen LogP contribution in [0, 0.1) is 19.3 Å². The predicted molar refractivity (Wildman–Crippen MR) is 79.6 cm³/mol. The molecule has 19 heavy (non-hydrogen) atoms. The van der Waals surface area contributed by atoms with Gasteiger partial charge in [-0.25, -0.2) is 0 Å². The molecule has 0 bridgehead atoms. The van der Waals surface area contributed by atoms with Gasteiger partial charge in [-0.05, 0) is 45.2 Å². The number of carbonyl (C=O) groups excluding carboxylic acids is 1. The van der Waals surface area contributed by atoms with Gasteiger partial charge in [0.1, 0.15) is 4.33 Å². The number of aryl methyl sites for hydroxylation is 2. The first-order valence-electron chi connectivity index (χ1n) is 6.43. The van der Waals surface area contributed by atoms with Crippen molar-refractivity contribution in [3.63, 3.8) is 0 Å². The van der Waals surface area contributed by atoms with E-state index < -0.39 is 9.75 Å². The maximum atomic E-state index is 12.2. The summed E-state index contributed by atoms with van der Waals surface area (Å²) in [6, 6.07) is 6.19. The summed E-state index contributed by atoms with van der Waals surface area (Å²) in [4.78, 5) is 12.2. The topological polar surface area (TPSA) is 29.1 Å². The van der Waals surface area contributed by atoms with Crippen LogP contribution in [0.1, 0.15) is 43.0 Å². The van der Waals surface area contributed by atoms with Crippen LogP contribution in [0.4, 0.5) is 0 Å². The van der Waals surface area contributed by atoms with Crippen molar-refractivity contribution in [1.29, 1.82) is 0 Å². The summed E-state index contributed by atoms with van der Waals surface area (Å²) in [6.07, 6.45) is 0.508. The highest BCUT2D eigenvalue weighted by Crippen LogP contribution is 2.63. The lowest BCUT2D eigenvalue weighted by Gasteiger charge is -2.20. The van der Waals surface area contributed by atoms with E-state index in [1.165, 1.54) is 11.1 Å². The molecule has 1 aromatic carbocycles. The zero-order valence-corrected chi connectivity index (χ0v) is 13.2. The monoisotopic (exact) mass is 299 g/mol. The summed E-state index contributed by atoms with van der Waals surface area (Å²) >= 11 is 12.1. The molecule has 2 rings (SSSR count). The van der Waals surface area contributed by atoms with Crippen molar-refractivity contribution in [2.75, 3.05) is 0 Å². The number of nitrogens with one attached hydrogen (secondary N) is 1. The summed E-state index contributed by atoms with van der Waals surface area (Å²) in [7, 11) is 0. The minimum Gasteiger partial charge on any atom is -0.349 e. The normalized spacial score (nSPS) is 25.8. The number of benzene rings is 1. The first-order chi connectivity index (χ1) is 8.67. The van der Waals surface area contributed by atoms with Crippen LogP contribution in [0.5, 0.6) is 0 Å². The molecule has 1 fully saturated rings. The van der Waals surface area contributed by atoms with Crippen molar-refractivity contribution in [1.82, 2.24) is 5.32 Å². The highest BCUT2D eigenvalue weighted by atomic mass is 35.5. The van der Waals surface area contributed by atoms with Gasteiger partial charge in [0.05, 0.1) is 11.5 Å². The highest BCUT2D eigenvalue weighted by Gasteiger charge is 2.67. The van der Waals surface area contributed by atoms with Crippen LogP contribution < -0.4 is 5.32 Å². The van der Waals surface area contributed by atoms with Crippen molar-refractivity contribution >= 4 is 29.1 Å². The Kier molecular flexibility index (Phi) is 3.61. The van der Waals surface area contributed by atoms with E-state index in [4.69, 9.17) is 23.2 Å². The van der Waals surface area contributed by atoms with Crippen molar-refractivity contribution in [2.45, 2.75) is 44.5 Å². The van der Waals surface area contributed by atoms with E-state index in [9.17, 15) is 4.79 Å². The SMILES string of the molecule is Cc1ccc(C)c(C(C)NC(=O)C2(C)CC2(Cl)Cl)c1. The molecule has 2 atom stereocenters. The largest absolute Gasteiger partial charge is 0.349 e. The molecule has 2 nitrogen and oxygen atoms in total. The molecule has 0 radical (unpaired) electrons. The summed E-state index contributed by atoms with van der Waals surface area (Å²) in [5.41, 5.74) is 2.82. The molecule has 1 amide bonds. The first kappa shape index (κ1) is 14.7. The third kappa shape index (κ3) is 2.61. The minimum atomic E-state index is -0.918. The molecule has 2 unspecified atom stereocenters. The average Bonchev–Trinajstić information content (AvgIpc) is 2.83. The van der Waals surface area contributed by atoms with Gasteiger partial charge in [-0.15, -0.1) is 23.2 Å². The molecule has 4 heteroatoms. The molecule has 0 aromatic heterocycles. The van der Waals surface area contributed by atoms with Gasteiger partial charge in [-0.1, -0.05) is 23.8 Å². The Labute approximate surface area is 124 Å². The van der Waals surface area contributed by atoms with Crippen LogP contribution >= 0.6 is 23.2 Å². The summed E-state index contributed by atoms with van der Waals surface area (Å²) in [5.74, 6) is -0.0779. The van der Waals surface area contributed by atoms with Crippen LogP contribution in [0.25, 0.3) is 0 Å². The third-order valence-electron chi connectivity index (χ3n) is 4.01. The van der Waals surface area contributed by atoms with Gasteiger partial charge in [-0.3, -0.25) is 4.79 Å². The number of hydrogen-bond acceptors (Lipinski definition) is 1. The second kappa shape index (κ2) is 4.68. The average molecular weight is 300 g/mol. The number of carbonyl (C=O) groups is 1. The van der Waals surface area contributed by atoms with Gasteiger partial charge < -0.3 is 5.32 Å². The lowest BCUT2D eigenvalue weighted by atomic mass is 9.99. The number of amides is 1. The molecule has 1 aliphatic carbocycles. The Bertz CT molecular complexity index is 527. The van der Waals surface area contributed by atoms with Crippen molar-refractivity contribution in [3.05, 3.63) is 34.9 Å². The molecule has 1 aliphatic rings. The highest BCUT2D eigenvalue weighted by molar-refractivity contribution is 6.53. The summed E-state index contributed by atoms with van der Waals surface area (Å²) < 4.78 is -0.918. The van der Waals surface area contributed by atoms with E-state index in [0.717, 1.165) is 5.56 Å². The van der Waals surface area contributed by atoms with Gasteiger partial charge in [0.2, 0.25) is 5.91 Å². The zero-order valence-electron chi connectivity index (χ0n) is 11.7. The number of alkyl halides is 2. The minimum absolute atomic E-state index is 0.0473. The lowest BCUT2D eigenvalue weighted by Crippen LogP contribution is -2.35. The molecule has 0 saturated heterocycles. The molecule has 1 aromatic rings. The smallest absolute Gasteiger partial charge is 0.229 e. The summed E-state index contributed by atoms with van der Waals surface area (Å²) in [6.45, 7) is 7.87. The van der Waals surface area contributed by atoms with E-state index in [1.54, 1.807) is 6.92 Å². The first-order valence-corrected chi connectivity index (χ1v) is 7.19. The predicted octanol–water partition coefficient (Wildman–Crippen LogP) is 4.06. The molecule has 1 saturated carbocycles. The van der Waals surface area contributed by atoms with E-state index >= 15 is 0 Å². The van der Waals surface area contributed by atoms with Crippen molar-refractivity contribution < 1.29 is 4.79 Å². The van der Waals surface area contributed by atoms with Gasteiger partial charge in [0.25, 0.3) is 0 Å². The summed E-state index contributed by atoms with van der Waals surface area (Å²) in [5, 5.41) is 3.01. The van der Waals surface area contributed by atoms with Crippen LogP contribution in [0.3, 0.4) is 0 Å². The molecule has 1 N–H and O–H groups in total. The van der Waals surface area contributed by atoms with Crippen LogP contribution in [-0.2, 0) is 4.79 Å². The van der Waals surface area contributed by atoms with Crippen molar-refractivity contribution in [2.24, 2.45) is 5.41 Å². The third-order valence-corrected chi connectivity index (χ3v) is 5.11. The zero-order chi connectivity index (χ0) is 14.4. The lowest BCUT2D eigenvalue weighted by molar-refractivity contribution is -0.126. The maximum absolute atomic E-state index is 12.2. The fourth-order valence-corrected chi connectivity index (χ4v) is 3.01. The second-order valence-corrected chi connectivity index (χ2v) is 7.25. The molecule has 0 aliphatic heterocycles. The van der Waals surface area contributed by atoms with E-state index in [1.807, 2.05) is 20.8 Å². The van der Waals surface area contributed by atoms with E-state index in [-0.39, 0.29) is 11.9 Å². The fraction of sp³-hybridized carbons (Fsp3) is 0.533. The fourth-order valence-electron chi connectivity index (χ4n) is 2.31. The van der Waals surface area contributed by atoms with Gasteiger partial charge >= 0.3 is 0 Å². The molecule has 104 valence electrons. The number of hydrogen-bond donors (Lipinski definition) is 1. The van der Waals surface area contributed by atoms with Crippen molar-refractivity contribution in [3.8, 4) is 0 Å². The second-order valence-electron chi connectivity index (χ2n) is 5.77. The number of halogens is 2. The Hall–Kier alpha value is -0.730. The Morgan fingerprint density at radius 3 is 2.47 bits per heavy atom. The Morgan fingerprint density at radius 1 is 1.37 bits per heavy atom.